The third kappa shape index (κ3) is 3.36. The molecule has 2 aromatic rings. The number of amides is 1. The molecule has 0 aliphatic carbocycles. The molecule has 4 rings (SSSR count). The second-order valence-corrected chi connectivity index (χ2v) is 8.50. The van der Waals surface area contributed by atoms with Crippen LogP contribution in [0.5, 0.6) is 0 Å². The topological polar surface area (TPSA) is 38.8 Å². The third-order valence-corrected chi connectivity index (χ3v) is 5.97. The van der Waals surface area contributed by atoms with Crippen LogP contribution in [0.15, 0.2) is 49.1 Å². The fraction of sp³-hybridized carbons (Fsp3) is 0.400. The molecule has 0 N–H and O–H groups in total. The summed E-state index contributed by atoms with van der Waals surface area (Å²) >= 11 is 0. The highest BCUT2D eigenvalue weighted by molar-refractivity contribution is 5.74. The molecule has 2 aliphatic rings. The molecule has 29 heavy (non-hydrogen) atoms. The Kier molecular flexibility index (Phi) is 4.99. The molecule has 1 amide bonds. The van der Waals surface area contributed by atoms with E-state index in [2.05, 4.69) is 70.7 Å². The Labute approximate surface area is 173 Å². The normalized spacial score (nSPS) is 22.5. The van der Waals surface area contributed by atoms with Crippen LogP contribution in [0.2, 0.25) is 0 Å². The van der Waals surface area contributed by atoms with Crippen molar-refractivity contribution in [2.75, 3.05) is 13.2 Å². The Morgan fingerprint density at radius 1 is 1.03 bits per heavy atom. The van der Waals surface area contributed by atoms with Gasteiger partial charge in [-0.25, -0.2) is 4.79 Å². The van der Waals surface area contributed by atoms with Gasteiger partial charge in [0.1, 0.15) is 0 Å². The molecule has 2 saturated heterocycles. The van der Waals surface area contributed by atoms with Gasteiger partial charge >= 0.3 is 6.09 Å². The summed E-state index contributed by atoms with van der Waals surface area (Å²) in [6.07, 6.45) is 2.21. The predicted molar refractivity (Wildman–Crippen MR) is 114 cm³/mol. The average molecular weight is 392 g/mol. The van der Waals surface area contributed by atoms with Gasteiger partial charge in [0.2, 0.25) is 0 Å². The van der Waals surface area contributed by atoms with Gasteiger partial charge in [-0.2, -0.15) is 0 Å². The highest BCUT2D eigenvalue weighted by Gasteiger charge is 2.60. The second kappa shape index (κ2) is 7.34. The quantitative estimate of drug-likeness (QED) is 0.676. The van der Waals surface area contributed by atoms with Gasteiger partial charge in [0, 0.05) is 17.5 Å². The number of nitrogens with zero attached hydrogens (tertiary/aromatic N) is 1. The Hall–Kier alpha value is -2.59. The number of cyclic esters (lactones) is 1. The molecule has 0 bridgehead atoms. The molecule has 2 atom stereocenters. The fourth-order valence-electron chi connectivity index (χ4n) is 5.02. The van der Waals surface area contributed by atoms with E-state index >= 15 is 0 Å². The van der Waals surface area contributed by atoms with Crippen molar-refractivity contribution in [2.24, 2.45) is 0 Å². The summed E-state index contributed by atoms with van der Waals surface area (Å²) in [5.41, 5.74) is 5.88. The summed E-state index contributed by atoms with van der Waals surface area (Å²) in [4.78, 5) is 14.9. The maximum absolute atomic E-state index is 13.0. The van der Waals surface area contributed by atoms with E-state index in [0.29, 0.717) is 13.2 Å². The number of rotatable bonds is 5. The number of benzene rings is 2. The molecule has 0 saturated carbocycles. The molecule has 0 aromatic heterocycles. The van der Waals surface area contributed by atoms with Crippen molar-refractivity contribution in [1.82, 2.24) is 4.90 Å². The zero-order chi connectivity index (χ0) is 20.8. The number of hydrogen-bond acceptors (Lipinski definition) is 3. The highest BCUT2D eigenvalue weighted by Crippen LogP contribution is 2.49. The Bertz CT molecular complexity index is 873. The van der Waals surface area contributed by atoms with Crippen LogP contribution in [0.3, 0.4) is 0 Å². The van der Waals surface area contributed by atoms with Crippen LogP contribution in [0.25, 0.3) is 0 Å². The van der Waals surface area contributed by atoms with Crippen LogP contribution in [-0.4, -0.2) is 36.3 Å². The van der Waals surface area contributed by atoms with E-state index in [9.17, 15) is 4.79 Å². The first-order chi connectivity index (χ1) is 13.8. The predicted octanol–water partition coefficient (Wildman–Crippen LogP) is 4.96. The Balaban J connectivity index is 1.89. The molecule has 2 aliphatic heterocycles. The van der Waals surface area contributed by atoms with Gasteiger partial charge in [-0.1, -0.05) is 64.7 Å². The standard InChI is InChI=1S/C25H29NO3/c1-6-7-28-22-14-23-25(29-24(27)26(23)15-22,20-10-16(2)8-17(3)11-20)21-12-18(4)9-19(5)13-21/h6,8-13,22-23H,1,7,14-15H2,2-5H3/t22-,23-/m1/s1. The van der Waals surface area contributed by atoms with Gasteiger partial charge in [0.05, 0.1) is 25.3 Å². The number of ether oxygens (including phenoxy) is 2. The lowest BCUT2D eigenvalue weighted by Crippen LogP contribution is -2.41. The molecule has 4 nitrogen and oxygen atoms in total. The molecule has 0 radical (unpaired) electrons. The molecule has 0 unspecified atom stereocenters. The van der Waals surface area contributed by atoms with Crippen LogP contribution in [-0.2, 0) is 15.1 Å². The molecule has 2 fully saturated rings. The number of fused-ring (bicyclic) bond motifs is 1. The van der Waals surface area contributed by atoms with Crippen molar-refractivity contribution in [3.63, 3.8) is 0 Å². The van der Waals surface area contributed by atoms with Crippen LogP contribution >= 0.6 is 0 Å². The summed E-state index contributed by atoms with van der Waals surface area (Å²) in [5, 5.41) is 0. The van der Waals surface area contributed by atoms with Gasteiger partial charge in [0.15, 0.2) is 5.60 Å². The maximum Gasteiger partial charge on any atom is 0.411 e. The largest absolute Gasteiger partial charge is 0.431 e. The Morgan fingerprint density at radius 3 is 2.03 bits per heavy atom. The smallest absolute Gasteiger partial charge is 0.411 e. The van der Waals surface area contributed by atoms with Crippen molar-refractivity contribution in [2.45, 2.75) is 51.9 Å². The first-order valence-electron chi connectivity index (χ1n) is 10.2. The minimum absolute atomic E-state index is 0.0120. The lowest BCUT2D eigenvalue weighted by Gasteiger charge is -2.34. The molecule has 2 aromatic carbocycles. The van der Waals surface area contributed by atoms with Gasteiger partial charge in [0.25, 0.3) is 0 Å². The maximum atomic E-state index is 13.0. The SMILES string of the molecule is C=CCO[C@@H]1C[C@H]2N(C1)C(=O)OC2(c1cc(C)cc(C)c1)c1cc(C)cc(C)c1. The molecule has 2 heterocycles. The number of aryl methyl sites for hydroxylation is 4. The monoisotopic (exact) mass is 391 g/mol. The van der Waals surface area contributed by atoms with Crippen LogP contribution in [0.1, 0.15) is 39.8 Å². The first-order valence-corrected chi connectivity index (χ1v) is 10.2. The summed E-state index contributed by atoms with van der Waals surface area (Å²) < 4.78 is 12.2. The van der Waals surface area contributed by atoms with Gasteiger partial charge in [-0.05, 0) is 27.7 Å². The molecule has 152 valence electrons. The van der Waals surface area contributed by atoms with E-state index in [1.807, 2.05) is 4.90 Å². The minimum Gasteiger partial charge on any atom is -0.431 e. The molecular weight excluding hydrogens is 362 g/mol. The summed E-state index contributed by atoms with van der Waals surface area (Å²) in [5.74, 6) is 0. The lowest BCUT2D eigenvalue weighted by molar-refractivity contribution is 0.0402. The summed E-state index contributed by atoms with van der Waals surface area (Å²) in [7, 11) is 0. The first kappa shape index (κ1) is 19.7. The fourth-order valence-corrected chi connectivity index (χ4v) is 5.02. The van der Waals surface area contributed by atoms with Crippen LogP contribution < -0.4 is 0 Å². The molecule has 0 spiro atoms. The Morgan fingerprint density at radius 2 is 1.55 bits per heavy atom. The second-order valence-electron chi connectivity index (χ2n) is 8.50. The van der Waals surface area contributed by atoms with Crippen molar-refractivity contribution in [3.8, 4) is 0 Å². The van der Waals surface area contributed by atoms with E-state index < -0.39 is 5.60 Å². The molecular formula is C25H29NO3. The van der Waals surface area contributed by atoms with Crippen molar-refractivity contribution >= 4 is 6.09 Å². The third-order valence-electron chi connectivity index (χ3n) is 5.97. The van der Waals surface area contributed by atoms with E-state index in [4.69, 9.17) is 9.47 Å². The van der Waals surface area contributed by atoms with E-state index in [0.717, 1.165) is 39.8 Å². The van der Waals surface area contributed by atoms with Gasteiger partial charge in [-0.3, -0.25) is 4.90 Å². The van der Waals surface area contributed by atoms with E-state index in [-0.39, 0.29) is 18.2 Å². The van der Waals surface area contributed by atoms with Gasteiger partial charge < -0.3 is 9.47 Å². The van der Waals surface area contributed by atoms with Crippen molar-refractivity contribution in [3.05, 3.63) is 82.4 Å². The highest BCUT2D eigenvalue weighted by atomic mass is 16.6. The number of carbonyl (C=O) groups excluding carboxylic acids is 1. The van der Waals surface area contributed by atoms with E-state index in [1.165, 1.54) is 0 Å². The zero-order valence-corrected chi connectivity index (χ0v) is 17.7. The van der Waals surface area contributed by atoms with Crippen molar-refractivity contribution in [1.29, 1.82) is 0 Å². The summed E-state index contributed by atoms with van der Waals surface area (Å²) in [6.45, 7) is 13.1. The molecule has 4 heteroatoms. The number of hydrogen-bond donors (Lipinski definition) is 0. The zero-order valence-electron chi connectivity index (χ0n) is 17.7. The lowest BCUT2D eigenvalue weighted by atomic mass is 9.77. The summed E-state index contributed by atoms with van der Waals surface area (Å²) in [6, 6.07) is 12.8. The number of carbonyl (C=O) groups is 1. The van der Waals surface area contributed by atoms with Crippen LogP contribution in [0, 0.1) is 27.7 Å². The average Bonchev–Trinajstić information content (AvgIpc) is 3.17. The minimum atomic E-state index is -0.836. The van der Waals surface area contributed by atoms with Crippen molar-refractivity contribution < 1.29 is 14.3 Å². The van der Waals surface area contributed by atoms with Crippen LogP contribution in [0.4, 0.5) is 4.79 Å². The van der Waals surface area contributed by atoms with E-state index in [1.54, 1.807) is 6.08 Å². The van der Waals surface area contributed by atoms with Gasteiger partial charge in [-0.15, -0.1) is 6.58 Å².